The van der Waals surface area contributed by atoms with Gasteiger partial charge in [-0.25, -0.2) is 14.2 Å². The quantitative estimate of drug-likeness (QED) is 0.535. The molecule has 2 aromatic heterocycles. The molecule has 31 heavy (non-hydrogen) atoms. The second-order valence-electron chi connectivity index (χ2n) is 7.64. The summed E-state index contributed by atoms with van der Waals surface area (Å²) >= 11 is 0. The van der Waals surface area contributed by atoms with Crippen LogP contribution in [0.3, 0.4) is 0 Å². The number of benzene rings is 1. The van der Waals surface area contributed by atoms with Crippen LogP contribution in [0.2, 0.25) is 0 Å². The van der Waals surface area contributed by atoms with Crippen LogP contribution in [-0.2, 0) is 6.54 Å². The maximum Gasteiger partial charge on any atom is 0.391 e. The molecule has 3 N–H and O–H groups in total. The first-order valence-electron chi connectivity index (χ1n) is 9.56. The second kappa shape index (κ2) is 7.71. The Morgan fingerprint density at radius 1 is 1.26 bits per heavy atom. The highest BCUT2D eigenvalue weighted by atomic mass is 19.4. The van der Waals surface area contributed by atoms with E-state index in [0.717, 1.165) is 6.07 Å². The first-order chi connectivity index (χ1) is 14.6. The van der Waals surface area contributed by atoms with Crippen LogP contribution in [0.5, 0.6) is 0 Å². The molecule has 7 nitrogen and oxygen atoms in total. The number of amides is 1. The topological polar surface area (TPSA) is 93.9 Å². The molecule has 3 aromatic rings. The lowest BCUT2D eigenvalue weighted by atomic mass is 9.79. The zero-order valence-electron chi connectivity index (χ0n) is 16.4. The number of nitrogens with zero attached hydrogens (tertiary/aromatic N) is 2. The lowest BCUT2D eigenvalue weighted by Crippen LogP contribution is -2.48. The zero-order valence-corrected chi connectivity index (χ0v) is 16.4. The fourth-order valence-corrected chi connectivity index (χ4v) is 3.60. The summed E-state index contributed by atoms with van der Waals surface area (Å²) in [5, 5.41) is 2.64. The van der Waals surface area contributed by atoms with Crippen molar-refractivity contribution >= 4 is 22.8 Å². The standard InChI is InChI=1S/C20H19F4N5O2/c1-29(13-6-12(7-13)20(22,23)24)16-3-2-10(8-25-16)9-26-18(30)11-4-14(21)17-15(5-11)27-19(31)28-17/h2-5,8,12-13H,6-7,9H2,1H3,(H,26,30)(H2,27,28,31)/t12-,13+. The molecule has 1 fully saturated rings. The normalized spacial score (nSPS) is 18.6. The summed E-state index contributed by atoms with van der Waals surface area (Å²) in [5.74, 6) is -1.97. The molecule has 2 heterocycles. The van der Waals surface area contributed by atoms with Crippen LogP contribution in [-0.4, -0.2) is 40.1 Å². The third-order valence-electron chi connectivity index (χ3n) is 5.59. The zero-order chi connectivity index (χ0) is 22.3. The molecule has 0 atom stereocenters. The predicted molar refractivity (Wildman–Crippen MR) is 105 cm³/mol. The minimum absolute atomic E-state index is 0.00141. The number of alkyl halides is 3. The molecule has 0 saturated heterocycles. The Bertz CT molecular complexity index is 1160. The van der Waals surface area contributed by atoms with E-state index in [0.29, 0.717) is 11.4 Å². The summed E-state index contributed by atoms with van der Waals surface area (Å²) in [5.41, 5.74) is 0.336. The maximum absolute atomic E-state index is 14.0. The van der Waals surface area contributed by atoms with Gasteiger partial charge < -0.3 is 20.2 Å². The minimum atomic E-state index is -4.16. The van der Waals surface area contributed by atoms with Crippen molar-refractivity contribution in [1.82, 2.24) is 20.3 Å². The minimum Gasteiger partial charge on any atom is -0.357 e. The molecule has 1 amide bonds. The van der Waals surface area contributed by atoms with Gasteiger partial charge in [-0.3, -0.25) is 4.79 Å². The van der Waals surface area contributed by atoms with E-state index in [-0.39, 0.29) is 42.0 Å². The molecule has 4 rings (SSSR count). The van der Waals surface area contributed by atoms with Crippen LogP contribution in [0.4, 0.5) is 23.4 Å². The molecule has 1 saturated carbocycles. The van der Waals surface area contributed by atoms with Crippen molar-refractivity contribution in [2.45, 2.75) is 31.6 Å². The van der Waals surface area contributed by atoms with Crippen molar-refractivity contribution in [3.63, 3.8) is 0 Å². The number of hydrogen-bond donors (Lipinski definition) is 3. The highest BCUT2D eigenvalue weighted by molar-refractivity contribution is 5.97. The number of H-pyrrole nitrogens is 2. The molecular formula is C20H19F4N5O2. The van der Waals surface area contributed by atoms with Crippen LogP contribution >= 0.6 is 0 Å². The van der Waals surface area contributed by atoms with E-state index < -0.39 is 29.5 Å². The summed E-state index contributed by atoms with van der Waals surface area (Å²) in [6, 6.07) is 5.58. The molecule has 0 spiro atoms. The fourth-order valence-electron chi connectivity index (χ4n) is 3.60. The third-order valence-corrected chi connectivity index (χ3v) is 5.59. The number of halogens is 4. The van der Waals surface area contributed by atoms with Crippen molar-refractivity contribution in [3.8, 4) is 0 Å². The first kappa shape index (κ1) is 20.9. The SMILES string of the molecule is CN(c1ccc(CNC(=O)c2cc(F)c3[nH]c(=O)[nH]c3c2)cn1)[C@H]1C[C@@H](C(F)(F)F)C1. The Morgan fingerprint density at radius 2 is 2.00 bits per heavy atom. The van der Waals surface area contributed by atoms with Crippen LogP contribution in [0.1, 0.15) is 28.8 Å². The predicted octanol–water partition coefficient (Wildman–Crippen LogP) is 3.10. The van der Waals surface area contributed by atoms with Crippen LogP contribution in [0.15, 0.2) is 35.3 Å². The number of aromatic nitrogens is 3. The van der Waals surface area contributed by atoms with Crippen molar-refractivity contribution in [2.75, 3.05) is 11.9 Å². The van der Waals surface area contributed by atoms with Gasteiger partial charge in [0.25, 0.3) is 5.91 Å². The molecule has 11 heteroatoms. The lowest BCUT2D eigenvalue weighted by Gasteiger charge is -2.42. The van der Waals surface area contributed by atoms with E-state index in [1.807, 2.05) is 0 Å². The van der Waals surface area contributed by atoms with Crippen LogP contribution in [0, 0.1) is 11.7 Å². The van der Waals surface area contributed by atoms with Gasteiger partial charge in [0, 0.05) is 31.4 Å². The summed E-state index contributed by atoms with van der Waals surface area (Å²) in [7, 11) is 1.71. The van der Waals surface area contributed by atoms with E-state index in [2.05, 4.69) is 20.3 Å². The molecule has 1 aliphatic carbocycles. The Hall–Kier alpha value is -3.37. The molecule has 0 unspecified atom stereocenters. The number of rotatable bonds is 5. The number of imidazole rings is 1. The van der Waals surface area contributed by atoms with Gasteiger partial charge in [0.05, 0.1) is 11.4 Å². The van der Waals surface area contributed by atoms with Gasteiger partial charge in [0.2, 0.25) is 0 Å². The van der Waals surface area contributed by atoms with Gasteiger partial charge in [-0.2, -0.15) is 13.2 Å². The lowest BCUT2D eigenvalue weighted by molar-refractivity contribution is -0.196. The van der Waals surface area contributed by atoms with Gasteiger partial charge in [-0.05, 0) is 36.6 Å². The van der Waals surface area contributed by atoms with Gasteiger partial charge in [-0.1, -0.05) is 6.07 Å². The molecule has 0 aliphatic heterocycles. The molecule has 0 bridgehead atoms. The van der Waals surface area contributed by atoms with Crippen LogP contribution in [0.25, 0.3) is 11.0 Å². The number of pyridine rings is 1. The number of aromatic amines is 2. The maximum atomic E-state index is 14.0. The van der Waals surface area contributed by atoms with Crippen molar-refractivity contribution in [2.24, 2.45) is 5.92 Å². The van der Waals surface area contributed by atoms with E-state index in [9.17, 15) is 27.2 Å². The summed E-state index contributed by atoms with van der Waals surface area (Å²) < 4.78 is 52.0. The van der Waals surface area contributed by atoms with E-state index >= 15 is 0 Å². The van der Waals surface area contributed by atoms with E-state index in [1.165, 1.54) is 12.3 Å². The number of nitrogens with one attached hydrogen (secondary N) is 3. The van der Waals surface area contributed by atoms with Crippen molar-refractivity contribution < 1.29 is 22.4 Å². The average molecular weight is 437 g/mol. The van der Waals surface area contributed by atoms with Gasteiger partial charge in [0.1, 0.15) is 17.2 Å². The summed E-state index contributed by atoms with van der Waals surface area (Å²) in [6.45, 7) is 0.124. The largest absolute Gasteiger partial charge is 0.391 e. The molecular weight excluding hydrogens is 418 g/mol. The number of carbonyl (C=O) groups is 1. The Labute approximate surface area is 173 Å². The highest BCUT2D eigenvalue weighted by Gasteiger charge is 2.49. The van der Waals surface area contributed by atoms with Crippen molar-refractivity contribution in [3.05, 3.63) is 57.9 Å². The average Bonchev–Trinajstić information content (AvgIpc) is 3.05. The summed E-state index contributed by atoms with van der Waals surface area (Å²) in [4.78, 5) is 34.3. The number of hydrogen-bond acceptors (Lipinski definition) is 4. The third kappa shape index (κ3) is 4.25. The molecule has 1 aliphatic rings. The second-order valence-corrected chi connectivity index (χ2v) is 7.64. The number of fused-ring (bicyclic) bond motifs is 1. The summed E-state index contributed by atoms with van der Waals surface area (Å²) in [6.07, 6.45) is -2.53. The smallest absolute Gasteiger partial charge is 0.357 e. The van der Waals surface area contributed by atoms with Gasteiger partial charge >= 0.3 is 11.9 Å². The number of carbonyl (C=O) groups excluding carboxylic acids is 1. The monoisotopic (exact) mass is 437 g/mol. The Morgan fingerprint density at radius 3 is 2.65 bits per heavy atom. The molecule has 0 radical (unpaired) electrons. The van der Waals surface area contributed by atoms with Crippen LogP contribution < -0.4 is 15.9 Å². The van der Waals surface area contributed by atoms with E-state index in [4.69, 9.17) is 0 Å². The van der Waals surface area contributed by atoms with E-state index in [1.54, 1.807) is 24.1 Å². The highest BCUT2D eigenvalue weighted by Crippen LogP contribution is 2.43. The molecule has 1 aromatic carbocycles. The Kier molecular flexibility index (Phi) is 5.19. The Balaban J connectivity index is 1.35. The first-order valence-corrected chi connectivity index (χ1v) is 9.56. The van der Waals surface area contributed by atoms with Crippen molar-refractivity contribution in [1.29, 1.82) is 0 Å². The van der Waals surface area contributed by atoms with Gasteiger partial charge in [-0.15, -0.1) is 0 Å². The van der Waals surface area contributed by atoms with Gasteiger partial charge in [0.15, 0.2) is 0 Å². The molecule has 164 valence electrons. The fraction of sp³-hybridized carbons (Fsp3) is 0.350. The number of anilines is 1.